The van der Waals surface area contributed by atoms with E-state index in [9.17, 15) is 0 Å². The van der Waals surface area contributed by atoms with Gasteiger partial charge in [-0.15, -0.1) is 22.9 Å². The highest BCUT2D eigenvalue weighted by Gasteiger charge is 2.06. The Morgan fingerprint density at radius 1 is 1.47 bits per heavy atom. The summed E-state index contributed by atoms with van der Waals surface area (Å²) in [5, 5.41) is 12.1. The number of thiazole rings is 1. The molecule has 0 unspecified atom stereocenters. The van der Waals surface area contributed by atoms with Crippen molar-refractivity contribution in [3.05, 3.63) is 16.1 Å². The quantitative estimate of drug-likeness (QED) is 0.693. The van der Waals surface area contributed by atoms with Crippen LogP contribution in [0.25, 0.3) is 0 Å². The van der Waals surface area contributed by atoms with E-state index in [2.05, 4.69) is 9.88 Å². The molecule has 0 radical (unpaired) electrons. The third kappa shape index (κ3) is 5.79. The summed E-state index contributed by atoms with van der Waals surface area (Å²) in [6.07, 6.45) is 0.894. The molecule has 0 atom stereocenters. The van der Waals surface area contributed by atoms with E-state index >= 15 is 0 Å². The molecule has 0 spiro atoms. The van der Waals surface area contributed by atoms with E-state index in [0.29, 0.717) is 19.0 Å². The van der Waals surface area contributed by atoms with E-state index in [1.54, 1.807) is 18.4 Å². The maximum absolute atomic E-state index is 8.96. The van der Waals surface area contributed by atoms with E-state index < -0.39 is 0 Å². The number of hydrogen-bond acceptors (Lipinski definition) is 5. The van der Waals surface area contributed by atoms with Gasteiger partial charge < -0.3 is 9.84 Å². The predicted molar refractivity (Wildman–Crippen MR) is 70.8 cm³/mol. The van der Waals surface area contributed by atoms with Crippen LogP contribution >= 0.6 is 22.9 Å². The molecule has 1 heterocycles. The molecule has 0 amide bonds. The summed E-state index contributed by atoms with van der Waals surface area (Å²) in [6, 6.07) is 0. The summed E-state index contributed by atoms with van der Waals surface area (Å²) < 4.78 is 5.04. The average molecular weight is 279 g/mol. The molecular formula is C11H19ClN2O2S. The van der Waals surface area contributed by atoms with Gasteiger partial charge in [-0.25, -0.2) is 4.98 Å². The van der Waals surface area contributed by atoms with Crippen molar-refractivity contribution in [1.29, 1.82) is 0 Å². The first kappa shape index (κ1) is 14.9. The first-order valence-corrected chi connectivity index (χ1v) is 7.03. The lowest BCUT2D eigenvalue weighted by molar-refractivity contribution is 0.131. The van der Waals surface area contributed by atoms with E-state index in [-0.39, 0.29) is 6.61 Å². The van der Waals surface area contributed by atoms with Crippen molar-refractivity contribution in [2.45, 2.75) is 12.3 Å². The molecule has 1 aromatic rings. The van der Waals surface area contributed by atoms with Crippen LogP contribution in [0, 0.1) is 0 Å². The molecule has 0 saturated heterocycles. The van der Waals surface area contributed by atoms with Crippen molar-refractivity contribution >= 4 is 22.9 Å². The van der Waals surface area contributed by atoms with Gasteiger partial charge in [-0.2, -0.15) is 0 Å². The van der Waals surface area contributed by atoms with Gasteiger partial charge in [0.1, 0.15) is 0 Å². The first-order valence-electron chi connectivity index (χ1n) is 5.61. The minimum Gasteiger partial charge on any atom is -0.395 e. The van der Waals surface area contributed by atoms with E-state index in [4.69, 9.17) is 21.4 Å². The van der Waals surface area contributed by atoms with Crippen molar-refractivity contribution in [3.8, 4) is 0 Å². The summed E-state index contributed by atoms with van der Waals surface area (Å²) in [6.45, 7) is 3.26. The SMILES string of the molecule is COCCN(CCO)CCc1nc(CCl)cs1. The van der Waals surface area contributed by atoms with Gasteiger partial charge >= 0.3 is 0 Å². The van der Waals surface area contributed by atoms with Gasteiger partial charge in [0.05, 0.1) is 29.8 Å². The van der Waals surface area contributed by atoms with E-state index in [1.807, 2.05) is 5.38 Å². The van der Waals surface area contributed by atoms with Crippen LogP contribution in [0.3, 0.4) is 0 Å². The largest absolute Gasteiger partial charge is 0.395 e. The number of hydrogen-bond donors (Lipinski definition) is 1. The second-order valence-corrected chi connectivity index (χ2v) is 4.88. The zero-order chi connectivity index (χ0) is 12.5. The molecule has 6 heteroatoms. The van der Waals surface area contributed by atoms with Gasteiger partial charge in [-0.1, -0.05) is 0 Å². The van der Waals surface area contributed by atoms with Gasteiger partial charge in [0.2, 0.25) is 0 Å². The zero-order valence-electron chi connectivity index (χ0n) is 10.1. The lowest BCUT2D eigenvalue weighted by atomic mass is 10.3. The monoisotopic (exact) mass is 278 g/mol. The van der Waals surface area contributed by atoms with Gasteiger partial charge in [0.15, 0.2) is 0 Å². The lowest BCUT2D eigenvalue weighted by Crippen LogP contribution is -2.32. The number of methoxy groups -OCH3 is 1. The molecule has 0 bridgehead atoms. The summed E-state index contributed by atoms with van der Waals surface area (Å²) in [7, 11) is 1.69. The van der Waals surface area contributed by atoms with Crippen LogP contribution in [0.15, 0.2) is 5.38 Å². The Kier molecular flexibility index (Phi) is 7.72. The molecule has 4 nitrogen and oxygen atoms in total. The predicted octanol–water partition coefficient (Wildman–Crippen LogP) is 1.37. The third-order valence-corrected chi connectivity index (χ3v) is 3.64. The Bertz CT molecular complexity index is 309. The Morgan fingerprint density at radius 3 is 2.88 bits per heavy atom. The van der Waals surface area contributed by atoms with E-state index in [0.717, 1.165) is 30.2 Å². The summed E-state index contributed by atoms with van der Waals surface area (Å²) in [5.41, 5.74) is 0.942. The van der Waals surface area contributed by atoms with Crippen LogP contribution in [0.1, 0.15) is 10.7 Å². The van der Waals surface area contributed by atoms with Gasteiger partial charge in [0.25, 0.3) is 0 Å². The van der Waals surface area contributed by atoms with E-state index in [1.165, 1.54) is 0 Å². The third-order valence-electron chi connectivity index (χ3n) is 2.41. The highest BCUT2D eigenvalue weighted by atomic mass is 35.5. The van der Waals surface area contributed by atoms with Crippen molar-refractivity contribution in [3.63, 3.8) is 0 Å². The summed E-state index contributed by atoms with van der Waals surface area (Å²) in [5.74, 6) is 0.473. The summed E-state index contributed by atoms with van der Waals surface area (Å²) >= 11 is 7.35. The van der Waals surface area contributed by atoms with Crippen molar-refractivity contribution < 1.29 is 9.84 Å². The molecule has 0 aliphatic carbocycles. The molecule has 0 aliphatic rings. The first-order chi connectivity index (χ1) is 8.30. The fourth-order valence-corrected chi connectivity index (χ4v) is 2.49. The van der Waals surface area contributed by atoms with Crippen LogP contribution in [-0.4, -0.2) is 54.9 Å². The Balaban J connectivity index is 2.34. The number of halogens is 1. The maximum atomic E-state index is 8.96. The van der Waals surface area contributed by atoms with Crippen LogP contribution < -0.4 is 0 Å². The molecule has 17 heavy (non-hydrogen) atoms. The topological polar surface area (TPSA) is 45.6 Å². The normalized spacial score (nSPS) is 11.3. The van der Waals surface area contributed by atoms with Gasteiger partial charge in [-0.3, -0.25) is 4.90 Å². The molecule has 1 rings (SSSR count). The van der Waals surface area contributed by atoms with Crippen LogP contribution in [0.5, 0.6) is 0 Å². The number of rotatable bonds is 9. The van der Waals surface area contributed by atoms with Crippen molar-refractivity contribution in [2.24, 2.45) is 0 Å². The second-order valence-electron chi connectivity index (χ2n) is 3.67. The molecular weight excluding hydrogens is 260 g/mol. The van der Waals surface area contributed by atoms with Crippen LogP contribution in [-0.2, 0) is 17.0 Å². The fraction of sp³-hybridized carbons (Fsp3) is 0.727. The summed E-state index contributed by atoms with van der Waals surface area (Å²) in [4.78, 5) is 6.58. The number of aromatic nitrogens is 1. The number of aliphatic hydroxyl groups excluding tert-OH is 1. The van der Waals surface area contributed by atoms with Gasteiger partial charge in [0, 0.05) is 38.5 Å². The fourth-order valence-electron chi connectivity index (χ4n) is 1.48. The molecule has 0 fully saturated rings. The minimum absolute atomic E-state index is 0.175. The Morgan fingerprint density at radius 2 is 2.29 bits per heavy atom. The maximum Gasteiger partial charge on any atom is 0.0941 e. The number of ether oxygens (including phenoxy) is 1. The number of aliphatic hydroxyl groups is 1. The molecule has 0 saturated carbocycles. The van der Waals surface area contributed by atoms with Crippen molar-refractivity contribution in [2.75, 3.05) is 40.0 Å². The standard InChI is InChI=1S/C11H19ClN2O2S/c1-16-7-5-14(4-6-15)3-2-11-13-10(8-12)9-17-11/h9,15H,2-8H2,1H3. The zero-order valence-corrected chi connectivity index (χ0v) is 11.6. The molecule has 0 aromatic carbocycles. The molecule has 1 aromatic heterocycles. The molecule has 1 N–H and O–H groups in total. The number of alkyl halides is 1. The van der Waals surface area contributed by atoms with Crippen LogP contribution in [0.4, 0.5) is 0 Å². The minimum atomic E-state index is 0.175. The van der Waals surface area contributed by atoms with Gasteiger partial charge in [-0.05, 0) is 0 Å². The molecule has 98 valence electrons. The molecule has 0 aliphatic heterocycles. The van der Waals surface area contributed by atoms with Crippen molar-refractivity contribution in [1.82, 2.24) is 9.88 Å². The van der Waals surface area contributed by atoms with Crippen LogP contribution in [0.2, 0.25) is 0 Å². The Labute approximate surface area is 111 Å². The second kappa shape index (κ2) is 8.83. The smallest absolute Gasteiger partial charge is 0.0941 e. The highest BCUT2D eigenvalue weighted by Crippen LogP contribution is 2.12. The number of nitrogens with zero attached hydrogens (tertiary/aromatic N) is 2. The average Bonchev–Trinajstić information content (AvgIpc) is 2.80. The Hall–Kier alpha value is -0.200. The highest BCUT2D eigenvalue weighted by molar-refractivity contribution is 7.09. The lowest BCUT2D eigenvalue weighted by Gasteiger charge is -2.19.